The minimum Gasteiger partial charge on any atom is -0.172 e. The van der Waals surface area contributed by atoms with Crippen LogP contribution in [-0.2, 0) is 5.54 Å². The molecule has 2 nitrogen and oxygen atoms in total. The lowest BCUT2D eigenvalue weighted by atomic mass is 9.79. The van der Waals surface area contributed by atoms with Gasteiger partial charge in [0.05, 0.1) is 5.69 Å². The Hall–Kier alpha value is -3.26. The monoisotopic (exact) mass is 336 g/mol. The van der Waals surface area contributed by atoms with Gasteiger partial charge in [0.25, 0.3) is 0 Å². The number of hydrogen-bond donors (Lipinski definition) is 0. The van der Waals surface area contributed by atoms with Crippen molar-refractivity contribution < 1.29 is 0 Å². The summed E-state index contributed by atoms with van der Waals surface area (Å²) >= 11 is 0. The summed E-state index contributed by atoms with van der Waals surface area (Å²) in [7, 11) is 0. The molecule has 1 atom stereocenters. The van der Waals surface area contributed by atoms with Gasteiger partial charge in [0.1, 0.15) is 5.54 Å². The van der Waals surface area contributed by atoms with E-state index in [9.17, 15) is 0 Å². The van der Waals surface area contributed by atoms with Crippen LogP contribution in [0.25, 0.3) is 5.57 Å². The van der Waals surface area contributed by atoms with Crippen molar-refractivity contribution in [2.24, 2.45) is 10.2 Å². The van der Waals surface area contributed by atoms with Gasteiger partial charge in [-0.3, -0.25) is 0 Å². The highest BCUT2D eigenvalue weighted by molar-refractivity contribution is 5.70. The van der Waals surface area contributed by atoms with Gasteiger partial charge in [0, 0.05) is 6.42 Å². The Kier molecular flexibility index (Phi) is 4.57. The van der Waals surface area contributed by atoms with E-state index in [0.29, 0.717) is 0 Å². The molecule has 3 aromatic rings. The van der Waals surface area contributed by atoms with Crippen molar-refractivity contribution in [1.82, 2.24) is 0 Å². The third-order valence-electron chi connectivity index (χ3n) is 4.65. The highest BCUT2D eigenvalue weighted by Crippen LogP contribution is 2.41. The molecule has 1 aliphatic carbocycles. The summed E-state index contributed by atoms with van der Waals surface area (Å²) in [5, 5.41) is 9.38. The normalized spacial score (nSPS) is 19.5. The molecule has 0 radical (unpaired) electrons. The van der Waals surface area contributed by atoms with Crippen molar-refractivity contribution >= 4 is 11.3 Å². The molecule has 3 aromatic carbocycles. The summed E-state index contributed by atoms with van der Waals surface area (Å²) in [4.78, 5) is 0. The zero-order valence-electron chi connectivity index (χ0n) is 14.5. The summed E-state index contributed by atoms with van der Waals surface area (Å²) in [6.07, 6.45) is 7.21. The van der Waals surface area contributed by atoms with E-state index in [2.05, 4.69) is 71.9 Å². The summed E-state index contributed by atoms with van der Waals surface area (Å²) in [6.45, 7) is 0. The zero-order chi connectivity index (χ0) is 17.7. The molecule has 0 spiro atoms. The Morgan fingerprint density at radius 2 is 1.31 bits per heavy atom. The van der Waals surface area contributed by atoms with Gasteiger partial charge in [-0.15, -0.1) is 0 Å². The van der Waals surface area contributed by atoms with Crippen LogP contribution in [0.5, 0.6) is 0 Å². The zero-order valence-corrected chi connectivity index (χ0v) is 14.5. The van der Waals surface area contributed by atoms with Crippen molar-refractivity contribution in [1.29, 1.82) is 0 Å². The maximum Gasteiger partial charge on any atom is 0.129 e. The van der Waals surface area contributed by atoms with Gasteiger partial charge in [-0.25, -0.2) is 0 Å². The highest BCUT2D eigenvalue weighted by Gasteiger charge is 2.32. The van der Waals surface area contributed by atoms with Crippen LogP contribution in [-0.4, -0.2) is 0 Å². The quantitative estimate of drug-likeness (QED) is 0.473. The van der Waals surface area contributed by atoms with Gasteiger partial charge in [-0.2, -0.15) is 10.2 Å². The predicted molar refractivity (Wildman–Crippen MR) is 107 cm³/mol. The van der Waals surface area contributed by atoms with Crippen LogP contribution < -0.4 is 0 Å². The second kappa shape index (κ2) is 7.32. The maximum absolute atomic E-state index is 4.83. The number of benzene rings is 3. The fourth-order valence-electron chi connectivity index (χ4n) is 3.28. The topological polar surface area (TPSA) is 24.7 Å². The Bertz CT molecular complexity index is 941. The van der Waals surface area contributed by atoms with Crippen LogP contribution in [0.1, 0.15) is 17.5 Å². The SMILES string of the molecule is C1=CC(N=Nc2ccccc2)(c2ccccc2)CC(c2ccccc2)=C1. The molecule has 0 aromatic heterocycles. The van der Waals surface area contributed by atoms with Crippen LogP contribution in [0, 0.1) is 0 Å². The maximum atomic E-state index is 4.83. The molecule has 4 rings (SSSR count). The van der Waals surface area contributed by atoms with E-state index in [0.717, 1.165) is 17.7 Å². The minimum absolute atomic E-state index is 0.489. The average molecular weight is 336 g/mol. The highest BCUT2D eigenvalue weighted by atomic mass is 15.2. The number of allylic oxidation sites excluding steroid dienone is 2. The van der Waals surface area contributed by atoms with Gasteiger partial charge in [0.2, 0.25) is 0 Å². The van der Waals surface area contributed by atoms with Crippen LogP contribution >= 0.6 is 0 Å². The van der Waals surface area contributed by atoms with Crippen LogP contribution in [0.15, 0.2) is 119 Å². The summed E-state index contributed by atoms with van der Waals surface area (Å²) < 4.78 is 0. The smallest absolute Gasteiger partial charge is 0.129 e. The fourth-order valence-corrected chi connectivity index (χ4v) is 3.28. The summed E-state index contributed by atoms with van der Waals surface area (Å²) in [5.41, 5.74) is 4.03. The molecule has 0 saturated carbocycles. The first-order valence-corrected chi connectivity index (χ1v) is 8.83. The molecule has 26 heavy (non-hydrogen) atoms. The van der Waals surface area contributed by atoms with Crippen molar-refractivity contribution in [3.63, 3.8) is 0 Å². The van der Waals surface area contributed by atoms with E-state index in [-0.39, 0.29) is 0 Å². The van der Waals surface area contributed by atoms with Crippen LogP contribution in [0.3, 0.4) is 0 Å². The lowest BCUT2D eigenvalue weighted by molar-refractivity contribution is 0.547. The second-order valence-electron chi connectivity index (χ2n) is 6.42. The van der Waals surface area contributed by atoms with E-state index in [1.807, 2.05) is 42.5 Å². The molecule has 0 heterocycles. The van der Waals surface area contributed by atoms with E-state index in [4.69, 9.17) is 5.11 Å². The molecule has 126 valence electrons. The van der Waals surface area contributed by atoms with E-state index in [1.54, 1.807) is 0 Å². The van der Waals surface area contributed by atoms with Crippen LogP contribution in [0.2, 0.25) is 0 Å². The molecule has 0 N–H and O–H groups in total. The molecular formula is C24H20N2. The molecule has 0 fully saturated rings. The first-order valence-electron chi connectivity index (χ1n) is 8.83. The number of azo groups is 1. The number of nitrogens with zero attached hydrogens (tertiary/aromatic N) is 2. The van der Waals surface area contributed by atoms with Gasteiger partial charge in [-0.05, 0) is 28.8 Å². The summed E-state index contributed by atoms with van der Waals surface area (Å²) in [5.74, 6) is 0. The third kappa shape index (κ3) is 3.40. The Morgan fingerprint density at radius 3 is 2.00 bits per heavy atom. The Labute approximate surface area is 154 Å². The lowest BCUT2D eigenvalue weighted by Crippen LogP contribution is -2.22. The van der Waals surface area contributed by atoms with Gasteiger partial charge >= 0.3 is 0 Å². The third-order valence-corrected chi connectivity index (χ3v) is 4.65. The largest absolute Gasteiger partial charge is 0.172 e. The molecule has 1 aliphatic rings. The van der Waals surface area contributed by atoms with Gasteiger partial charge < -0.3 is 0 Å². The molecule has 1 unspecified atom stereocenters. The predicted octanol–water partition coefficient (Wildman–Crippen LogP) is 6.71. The van der Waals surface area contributed by atoms with Gasteiger partial charge in [0.15, 0.2) is 0 Å². The van der Waals surface area contributed by atoms with Crippen LogP contribution in [0.4, 0.5) is 5.69 Å². The van der Waals surface area contributed by atoms with Gasteiger partial charge in [-0.1, -0.05) is 97.1 Å². The molecule has 0 amide bonds. The Balaban J connectivity index is 1.74. The molecule has 0 bridgehead atoms. The second-order valence-corrected chi connectivity index (χ2v) is 6.42. The lowest BCUT2D eigenvalue weighted by Gasteiger charge is -2.29. The molecule has 0 aliphatic heterocycles. The van der Waals surface area contributed by atoms with E-state index in [1.165, 1.54) is 11.1 Å². The van der Waals surface area contributed by atoms with E-state index >= 15 is 0 Å². The van der Waals surface area contributed by atoms with Crippen molar-refractivity contribution in [2.75, 3.05) is 0 Å². The van der Waals surface area contributed by atoms with Crippen molar-refractivity contribution in [2.45, 2.75) is 12.0 Å². The molecule has 2 heteroatoms. The average Bonchev–Trinajstić information content (AvgIpc) is 2.74. The van der Waals surface area contributed by atoms with E-state index < -0.39 is 5.54 Å². The summed E-state index contributed by atoms with van der Waals surface area (Å²) in [6, 6.07) is 30.8. The first kappa shape index (κ1) is 16.2. The Morgan fingerprint density at radius 1 is 0.692 bits per heavy atom. The van der Waals surface area contributed by atoms with Crippen molar-refractivity contribution in [3.8, 4) is 0 Å². The fraction of sp³-hybridized carbons (Fsp3) is 0.0833. The van der Waals surface area contributed by atoms with Crippen molar-refractivity contribution in [3.05, 3.63) is 120 Å². The number of hydrogen-bond acceptors (Lipinski definition) is 2. The minimum atomic E-state index is -0.489. The first-order chi connectivity index (χ1) is 12.9. The molecule has 0 saturated heterocycles. The molecular weight excluding hydrogens is 316 g/mol. The number of rotatable bonds is 4. The standard InChI is InChI=1S/C24H20N2/c1-4-11-20(12-5-1)21-13-10-18-24(19-21,22-14-6-2-7-15-22)26-25-23-16-8-3-9-17-23/h1-18H,19H2.